The fourth-order valence-corrected chi connectivity index (χ4v) is 2.81. The van der Waals surface area contributed by atoms with Gasteiger partial charge in [0, 0.05) is 12.2 Å². The Morgan fingerprint density at radius 2 is 1.87 bits per heavy atom. The smallest absolute Gasteiger partial charge is 0.275 e. The van der Waals surface area contributed by atoms with Gasteiger partial charge in [0.25, 0.3) is 5.91 Å². The molecule has 2 rings (SSSR count). The quantitative estimate of drug-likeness (QED) is 0.632. The highest BCUT2D eigenvalue weighted by Gasteiger charge is 2.23. The molecule has 0 radical (unpaired) electrons. The van der Waals surface area contributed by atoms with Crippen molar-refractivity contribution >= 4 is 17.5 Å². The minimum absolute atomic E-state index is 0.0630. The Bertz CT molecular complexity index is 513. The molecule has 1 atom stereocenters. The first-order valence-corrected chi connectivity index (χ1v) is 8.30. The van der Waals surface area contributed by atoms with Gasteiger partial charge < -0.3 is 20.4 Å². The second kappa shape index (κ2) is 8.53. The van der Waals surface area contributed by atoms with E-state index in [1.165, 1.54) is 10.6 Å². The average molecular weight is 319 g/mol. The summed E-state index contributed by atoms with van der Waals surface area (Å²) in [6.07, 6.45) is 0. The molecule has 1 aromatic rings. The second-order valence-electron chi connectivity index (χ2n) is 5.93. The van der Waals surface area contributed by atoms with Gasteiger partial charge in [-0.15, -0.1) is 0 Å². The summed E-state index contributed by atoms with van der Waals surface area (Å²) in [5.41, 5.74) is 1.24. The van der Waals surface area contributed by atoms with Crippen LogP contribution in [-0.4, -0.2) is 57.1 Å². The minimum atomic E-state index is -0.479. The molecule has 1 aromatic carbocycles. The predicted molar refractivity (Wildman–Crippen MR) is 90.5 cm³/mol. The fourth-order valence-electron chi connectivity index (χ4n) is 2.81. The van der Waals surface area contributed by atoms with Crippen LogP contribution in [0.1, 0.15) is 13.8 Å². The summed E-state index contributed by atoms with van der Waals surface area (Å²) in [6, 6.07) is 9.87. The van der Waals surface area contributed by atoms with Crippen LogP contribution < -0.4 is 20.4 Å². The number of amides is 2. The standard InChI is InChI=1S/C17H26N4O2/c1-3-18-17(23)14(2)19-16(22)13-20-9-11-21(12-10-20)15-7-5-4-6-8-15/h4-8,14H,3,9-13H2,1-2H3,(H,18,23)(H,19,22)/p+1/t14-/m1/s1. The van der Waals surface area contributed by atoms with Crippen LogP contribution in [0.3, 0.4) is 0 Å². The minimum Gasteiger partial charge on any atom is -0.360 e. The molecule has 0 aromatic heterocycles. The van der Waals surface area contributed by atoms with Gasteiger partial charge in [0.05, 0.1) is 26.2 Å². The maximum absolute atomic E-state index is 12.1. The van der Waals surface area contributed by atoms with Gasteiger partial charge in [0.1, 0.15) is 6.04 Å². The van der Waals surface area contributed by atoms with E-state index in [1.807, 2.05) is 25.1 Å². The summed E-state index contributed by atoms with van der Waals surface area (Å²) in [5.74, 6) is -0.198. The van der Waals surface area contributed by atoms with Crippen molar-refractivity contribution in [2.24, 2.45) is 0 Å². The van der Waals surface area contributed by atoms with Crippen LogP contribution in [0.25, 0.3) is 0 Å². The van der Waals surface area contributed by atoms with Crippen molar-refractivity contribution < 1.29 is 14.5 Å². The Morgan fingerprint density at radius 1 is 1.22 bits per heavy atom. The zero-order chi connectivity index (χ0) is 16.7. The van der Waals surface area contributed by atoms with E-state index in [0.29, 0.717) is 13.1 Å². The maximum Gasteiger partial charge on any atom is 0.275 e. The number of rotatable bonds is 6. The molecule has 23 heavy (non-hydrogen) atoms. The van der Waals surface area contributed by atoms with Gasteiger partial charge in [0.15, 0.2) is 6.54 Å². The fraction of sp³-hybridized carbons (Fsp3) is 0.529. The van der Waals surface area contributed by atoms with E-state index in [1.54, 1.807) is 6.92 Å². The molecule has 1 saturated heterocycles. The van der Waals surface area contributed by atoms with Crippen molar-refractivity contribution in [2.45, 2.75) is 19.9 Å². The number of hydrogen-bond acceptors (Lipinski definition) is 3. The number of para-hydroxylation sites is 1. The van der Waals surface area contributed by atoms with E-state index in [-0.39, 0.29) is 11.8 Å². The number of hydrogen-bond donors (Lipinski definition) is 3. The Hall–Kier alpha value is -2.08. The molecule has 1 aliphatic heterocycles. The second-order valence-corrected chi connectivity index (χ2v) is 5.93. The van der Waals surface area contributed by atoms with E-state index < -0.39 is 6.04 Å². The molecule has 0 spiro atoms. The number of quaternary nitrogens is 1. The van der Waals surface area contributed by atoms with Crippen molar-refractivity contribution in [3.8, 4) is 0 Å². The number of piperazine rings is 1. The van der Waals surface area contributed by atoms with E-state index >= 15 is 0 Å². The van der Waals surface area contributed by atoms with Gasteiger partial charge >= 0.3 is 0 Å². The Morgan fingerprint density at radius 3 is 2.48 bits per heavy atom. The number of benzene rings is 1. The Balaban J connectivity index is 1.73. The Labute approximate surface area is 137 Å². The van der Waals surface area contributed by atoms with Crippen LogP contribution >= 0.6 is 0 Å². The van der Waals surface area contributed by atoms with Crippen LogP contribution in [0, 0.1) is 0 Å². The molecule has 6 nitrogen and oxygen atoms in total. The van der Waals surface area contributed by atoms with Gasteiger partial charge in [0.2, 0.25) is 5.91 Å². The molecule has 0 saturated carbocycles. The number of anilines is 1. The van der Waals surface area contributed by atoms with Gasteiger partial charge in [-0.25, -0.2) is 0 Å². The third-order valence-corrected chi connectivity index (χ3v) is 4.12. The lowest BCUT2D eigenvalue weighted by Crippen LogP contribution is -3.16. The molecule has 0 bridgehead atoms. The third-order valence-electron chi connectivity index (χ3n) is 4.12. The summed E-state index contributed by atoms with van der Waals surface area (Å²) >= 11 is 0. The van der Waals surface area contributed by atoms with Gasteiger partial charge in [-0.2, -0.15) is 0 Å². The number of carbonyl (C=O) groups excluding carboxylic acids is 2. The van der Waals surface area contributed by atoms with Crippen molar-refractivity contribution in [3.63, 3.8) is 0 Å². The summed E-state index contributed by atoms with van der Waals surface area (Å²) < 4.78 is 0. The van der Waals surface area contributed by atoms with Crippen molar-refractivity contribution in [2.75, 3.05) is 44.2 Å². The van der Waals surface area contributed by atoms with E-state index in [2.05, 4.69) is 27.7 Å². The first-order valence-electron chi connectivity index (χ1n) is 8.30. The Kier molecular flexibility index (Phi) is 6.40. The molecular weight excluding hydrogens is 292 g/mol. The highest BCUT2D eigenvalue weighted by atomic mass is 16.2. The normalized spacial score (nSPS) is 16.7. The lowest BCUT2D eigenvalue weighted by molar-refractivity contribution is -0.892. The topological polar surface area (TPSA) is 65.9 Å². The van der Waals surface area contributed by atoms with Crippen LogP contribution in [0.2, 0.25) is 0 Å². The lowest BCUT2D eigenvalue weighted by Gasteiger charge is -2.33. The van der Waals surface area contributed by atoms with E-state index in [0.717, 1.165) is 26.2 Å². The lowest BCUT2D eigenvalue weighted by atomic mass is 10.2. The van der Waals surface area contributed by atoms with Crippen molar-refractivity contribution in [1.82, 2.24) is 10.6 Å². The van der Waals surface area contributed by atoms with E-state index in [9.17, 15) is 9.59 Å². The van der Waals surface area contributed by atoms with Crippen LogP contribution in [0.5, 0.6) is 0 Å². The molecule has 3 N–H and O–H groups in total. The number of carbonyl (C=O) groups is 2. The van der Waals surface area contributed by atoms with Crippen LogP contribution in [0.15, 0.2) is 30.3 Å². The highest BCUT2D eigenvalue weighted by Crippen LogP contribution is 2.12. The first kappa shape index (κ1) is 17.3. The molecule has 2 amide bonds. The van der Waals surface area contributed by atoms with Crippen LogP contribution in [0.4, 0.5) is 5.69 Å². The molecule has 1 fully saturated rings. The summed E-state index contributed by atoms with van der Waals surface area (Å²) in [6.45, 7) is 8.32. The molecule has 1 heterocycles. The third kappa shape index (κ3) is 5.25. The maximum atomic E-state index is 12.1. The van der Waals surface area contributed by atoms with Gasteiger partial charge in [-0.05, 0) is 26.0 Å². The molecule has 126 valence electrons. The summed E-state index contributed by atoms with van der Waals surface area (Å²) in [5, 5.41) is 5.48. The predicted octanol–water partition coefficient (Wildman–Crippen LogP) is -0.968. The largest absolute Gasteiger partial charge is 0.360 e. The van der Waals surface area contributed by atoms with Gasteiger partial charge in [-0.1, -0.05) is 18.2 Å². The van der Waals surface area contributed by atoms with Crippen molar-refractivity contribution in [3.05, 3.63) is 30.3 Å². The number of likely N-dealkylation sites (N-methyl/N-ethyl adjacent to an activating group) is 1. The molecule has 6 heteroatoms. The highest BCUT2D eigenvalue weighted by molar-refractivity contribution is 5.87. The number of nitrogens with one attached hydrogen (secondary N) is 3. The number of nitrogens with zero attached hydrogens (tertiary/aromatic N) is 1. The summed E-state index contributed by atoms with van der Waals surface area (Å²) in [7, 11) is 0. The van der Waals surface area contributed by atoms with Crippen LogP contribution in [-0.2, 0) is 9.59 Å². The zero-order valence-corrected chi connectivity index (χ0v) is 14.0. The van der Waals surface area contributed by atoms with Crippen molar-refractivity contribution in [1.29, 1.82) is 0 Å². The average Bonchev–Trinajstić information content (AvgIpc) is 2.56. The van der Waals surface area contributed by atoms with E-state index in [4.69, 9.17) is 0 Å². The molecule has 0 aliphatic carbocycles. The zero-order valence-electron chi connectivity index (χ0n) is 14.0. The first-order chi connectivity index (χ1) is 11.1. The summed E-state index contributed by atoms with van der Waals surface area (Å²) in [4.78, 5) is 27.3. The molecular formula is C17H27N4O2+. The molecule has 1 aliphatic rings. The monoisotopic (exact) mass is 319 g/mol. The van der Waals surface area contributed by atoms with Gasteiger partial charge in [-0.3, -0.25) is 9.59 Å². The SMILES string of the molecule is CCNC(=O)[C@@H](C)NC(=O)C[NH+]1CCN(c2ccccc2)CC1. The molecule has 0 unspecified atom stereocenters.